The summed E-state index contributed by atoms with van der Waals surface area (Å²) in [5.74, 6) is -1.41. The largest absolute Gasteiger partial charge is 0.478 e. The van der Waals surface area contributed by atoms with Crippen LogP contribution in [0, 0.1) is 0 Å². The highest BCUT2D eigenvalue weighted by atomic mass is 32.2. The number of carbonyl (C=O) groups is 5. The number of carboxylic acid groups (broad SMARTS) is 1. The predicted octanol–water partition coefficient (Wildman–Crippen LogP) is 11.3. The van der Waals surface area contributed by atoms with Gasteiger partial charge in [-0.3, -0.25) is 14.4 Å². The van der Waals surface area contributed by atoms with Gasteiger partial charge in [0.1, 0.15) is 0 Å². The number of nitrogens with zero attached hydrogens (tertiary/aromatic N) is 5. The van der Waals surface area contributed by atoms with Crippen LogP contribution in [-0.2, 0) is 37.6 Å². The first kappa shape index (κ1) is 54.9. The van der Waals surface area contributed by atoms with E-state index in [2.05, 4.69) is 26.0 Å². The summed E-state index contributed by atoms with van der Waals surface area (Å²) < 4.78 is 37.4. The van der Waals surface area contributed by atoms with Crippen molar-refractivity contribution in [2.45, 2.75) is 102 Å². The Labute approximate surface area is 472 Å². The minimum absolute atomic E-state index is 0.0379. The number of carboxylic acids is 1. The van der Waals surface area contributed by atoms with Gasteiger partial charge >= 0.3 is 22.1 Å². The van der Waals surface area contributed by atoms with E-state index < -0.39 is 22.1 Å². The van der Waals surface area contributed by atoms with E-state index in [4.69, 9.17) is 4.74 Å². The van der Waals surface area contributed by atoms with Crippen LogP contribution >= 0.6 is 0 Å². The highest BCUT2D eigenvalue weighted by Gasteiger charge is 2.36. The highest BCUT2D eigenvalue weighted by molar-refractivity contribution is 7.87. The van der Waals surface area contributed by atoms with Crippen molar-refractivity contribution in [1.82, 2.24) is 28.0 Å². The van der Waals surface area contributed by atoms with E-state index in [0.29, 0.717) is 53.7 Å². The lowest BCUT2D eigenvalue weighted by molar-refractivity contribution is -0.133. The summed E-state index contributed by atoms with van der Waals surface area (Å²) in [6.45, 7) is 3.80. The van der Waals surface area contributed by atoms with Gasteiger partial charge in [-0.2, -0.15) is 12.7 Å². The predicted molar refractivity (Wildman–Crippen MR) is 315 cm³/mol. The zero-order chi connectivity index (χ0) is 56.7. The molecule has 2 aliphatic carbocycles. The fraction of sp³-hybridized carbons (Fsp3) is 0.338. The summed E-state index contributed by atoms with van der Waals surface area (Å²) in [6, 6.07) is 36.3. The molecule has 5 aliphatic rings. The smallest absolute Gasteiger partial charge is 0.337 e. The molecule has 3 fully saturated rings. The number of esters is 1. The number of carbonyl (C=O) groups excluding carboxylic acids is 4. The molecule has 15 nitrogen and oxygen atoms in total. The minimum atomic E-state index is -3.99. The topological polar surface area (TPSA) is 181 Å². The van der Waals surface area contributed by atoms with Crippen LogP contribution < -0.4 is 4.72 Å². The molecule has 5 heterocycles. The highest BCUT2D eigenvalue weighted by Crippen LogP contribution is 2.48. The monoisotopic (exact) mass is 1110 g/mol. The first-order chi connectivity index (χ1) is 39.1. The summed E-state index contributed by atoms with van der Waals surface area (Å²) in [5.41, 5.74) is 12.6. The van der Waals surface area contributed by atoms with Gasteiger partial charge < -0.3 is 28.8 Å². The first-order valence-electron chi connectivity index (χ1n) is 28.3. The molecule has 5 aromatic carbocycles. The standard InChI is InChI=1S/C39H43N5O5S.C26H25NO4/c1-26-24-42(38(46)28-14-8-5-9-15-28)20-21-43(26)39(47)31-22-29-16-10-11-17-32(29)36-35(27-12-6-4-7-13-27)33-19-18-30(23-34(33)44(36)25-31)37(45)40-50(48,49)41(2)3;1-31-26(30)18-11-12-21-22(14-18)27-15-19(25(28)29)13-17-9-5-6-10-20(17)24(27)23(21)16-7-3-2-4-8-16/h5,8-11,14-19,22-23,26-27H,4,6-7,12-13,20-21,24-25H2,1-3H3,(H,40,45);5-6,9-14,16H,2-4,7-8,15H2,1H3,(H,28,29)/t26-;/m1./s1. The maximum atomic E-state index is 14.5. The average Bonchev–Trinajstić information content (AvgIpc) is 3.03. The number of amides is 3. The average molecular weight is 1110 g/mol. The van der Waals surface area contributed by atoms with E-state index in [-0.39, 0.29) is 42.5 Å². The normalized spacial score (nSPS) is 17.5. The molecule has 418 valence electrons. The molecule has 16 heteroatoms. The fourth-order valence-electron chi connectivity index (χ4n) is 13.1. The van der Waals surface area contributed by atoms with Crippen LogP contribution in [0.5, 0.6) is 0 Å². The van der Waals surface area contributed by atoms with Crippen LogP contribution in [0.25, 0.3) is 56.5 Å². The van der Waals surface area contributed by atoms with E-state index in [0.717, 1.165) is 98.3 Å². The van der Waals surface area contributed by atoms with Gasteiger partial charge in [-0.15, -0.1) is 0 Å². The van der Waals surface area contributed by atoms with E-state index in [9.17, 15) is 37.5 Å². The Bertz CT molecular complexity index is 3820. The Balaban J connectivity index is 0.000000190. The lowest BCUT2D eigenvalue weighted by Gasteiger charge is -2.40. The van der Waals surface area contributed by atoms with E-state index in [1.54, 1.807) is 18.2 Å². The number of aromatic nitrogens is 2. The molecule has 12 rings (SSSR count). The quantitative estimate of drug-likeness (QED) is 0.133. The Kier molecular flexibility index (Phi) is 15.5. The maximum Gasteiger partial charge on any atom is 0.337 e. The van der Waals surface area contributed by atoms with Crippen LogP contribution in [-0.4, -0.2) is 113 Å². The van der Waals surface area contributed by atoms with Crippen LogP contribution in [0.4, 0.5) is 0 Å². The molecule has 2 aromatic heterocycles. The van der Waals surface area contributed by atoms with E-state index in [1.807, 2.05) is 114 Å². The van der Waals surface area contributed by atoms with Gasteiger partial charge in [0.05, 0.1) is 42.7 Å². The fourth-order valence-corrected chi connectivity index (χ4v) is 13.6. The summed E-state index contributed by atoms with van der Waals surface area (Å²) in [5, 5.41) is 12.0. The second-order valence-corrected chi connectivity index (χ2v) is 24.2. The number of rotatable bonds is 9. The number of hydrogen-bond donors (Lipinski definition) is 2. The summed E-state index contributed by atoms with van der Waals surface area (Å²) in [6.07, 6.45) is 15.3. The Morgan fingerprint density at radius 1 is 0.605 bits per heavy atom. The molecule has 0 spiro atoms. The van der Waals surface area contributed by atoms with Crippen molar-refractivity contribution in [3.05, 3.63) is 165 Å². The molecule has 0 radical (unpaired) electrons. The molecule has 3 amide bonds. The van der Waals surface area contributed by atoms with Crippen molar-refractivity contribution in [1.29, 1.82) is 0 Å². The number of fused-ring (bicyclic) bond motifs is 10. The number of nitrogens with one attached hydrogen (secondary N) is 1. The first-order valence-corrected chi connectivity index (χ1v) is 29.7. The molecule has 3 aliphatic heterocycles. The second-order valence-electron chi connectivity index (χ2n) is 22.3. The SMILES string of the molecule is COC(=O)c1ccc2c(C3CCCCC3)c3n(c2c1)CC(C(=O)O)=Cc1ccccc1-3.C[C@@H]1CN(C(=O)c2ccccc2)CCN1C(=O)C1=Cc2ccccc2-c2c(C3CCCCC3)c3ccc(C(=O)NS(=O)(=O)N(C)C)cc3n2C1. The van der Waals surface area contributed by atoms with Gasteiger partial charge in [0.25, 0.3) is 17.7 Å². The second kappa shape index (κ2) is 22.8. The van der Waals surface area contributed by atoms with Gasteiger partial charge in [-0.25, -0.2) is 14.3 Å². The molecular formula is C65H68N6O9S. The van der Waals surface area contributed by atoms with Crippen LogP contribution in [0.2, 0.25) is 0 Å². The van der Waals surface area contributed by atoms with Gasteiger partial charge in [0, 0.05) is 89.4 Å². The van der Waals surface area contributed by atoms with Crippen LogP contribution in [0.1, 0.15) is 136 Å². The van der Waals surface area contributed by atoms with Crippen molar-refractivity contribution in [2.24, 2.45) is 0 Å². The molecule has 2 N–H and O–H groups in total. The number of methoxy groups -OCH3 is 1. The molecule has 1 saturated heterocycles. The van der Waals surface area contributed by atoms with E-state index >= 15 is 0 Å². The van der Waals surface area contributed by atoms with Crippen molar-refractivity contribution in [2.75, 3.05) is 40.8 Å². The Morgan fingerprint density at radius 3 is 1.64 bits per heavy atom. The molecule has 0 unspecified atom stereocenters. The summed E-state index contributed by atoms with van der Waals surface area (Å²) in [4.78, 5) is 69.0. The Morgan fingerprint density at radius 2 is 1.11 bits per heavy atom. The molecule has 1 atom stereocenters. The third-order valence-corrected chi connectivity index (χ3v) is 18.5. The van der Waals surface area contributed by atoms with Gasteiger partial charge in [0.2, 0.25) is 0 Å². The maximum absolute atomic E-state index is 14.5. The van der Waals surface area contributed by atoms with E-state index in [1.165, 1.54) is 58.0 Å². The number of piperazine rings is 1. The van der Waals surface area contributed by atoms with Crippen molar-refractivity contribution < 1.29 is 42.2 Å². The zero-order valence-corrected chi connectivity index (χ0v) is 47.1. The minimum Gasteiger partial charge on any atom is -0.478 e. The number of hydrogen-bond acceptors (Lipinski definition) is 8. The third kappa shape index (κ3) is 10.6. The summed E-state index contributed by atoms with van der Waals surface area (Å²) in [7, 11) is 0.116. The van der Waals surface area contributed by atoms with Gasteiger partial charge in [0.15, 0.2) is 0 Å². The van der Waals surface area contributed by atoms with Crippen molar-refractivity contribution in [3.8, 4) is 22.5 Å². The molecule has 7 aromatic rings. The molecule has 2 saturated carbocycles. The van der Waals surface area contributed by atoms with Crippen molar-refractivity contribution in [3.63, 3.8) is 0 Å². The van der Waals surface area contributed by atoms with Gasteiger partial charge in [-0.1, -0.05) is 117 Å². The van der Waals surface area contributed by atoms with Crippen LogP contribution in [0.3, 0.4) is 0 Å². The number of aliphatic carboxylic acids is 1. The number of ether oxygens (including phenoxy) is 1. The molecular weight excluding hydrogens is 1040 g/mol. The lowest BCUT2D eigenvalue weighted by atomic mass is 9.81. The molecule has 0 bridgehead atoms. The van der Waals surface area contributed by atoms with Gasteiger partial charge in [-0.05, 0) is 115 Å². The number of benzene rings is 5. The lowest BCUT2D eigenvalue weighted by Crippen LogP contribution is -2.55. The Hall–Kier alpha value is -8.08. The van der Waals surface area contributed by atoms with Crippen LogP contribution in [0.15, 0.2) is 126 Å². The zero-order valence-electron chi connectivity index (χ0n) is 46.3. The van der Waals surface area contributed by atoms with Crippen molar-refractivity contribution >= 4 is 73.8 Å². The third-order valence-electron chi connectivity index (χ3n) is 17.1. The summed E-state index contributed by atoms with van der Waals surface area (Å²) >= 11 is 0. The molecule has 81 heavy (non-hydrogen) atoms.